The number of nitrogens with one attached hydrogen (secondary N) is 1. The van der Waals surface area contributed by atoms with Gasteiger partial charge in [0.2, 0.25) is 17.2 Å². The molecule has 1 N–H and O–H groups in total. The van der Waals surface area contributed by atoms with E-state index in [2.05, 4.69) is 26.3 Å². The van der Waals surface area contributed by atoms with E-state index in [4.69, 9.17) is 16.9 Å². The summed E-state index contributed by atoms with van der Waals surface area (Å²) in [5, 5.41) is 11.6. The van der Waals surface area contributed by atoms with Gasteiger partial charge in [-0.3, -0.25) is 0 Å². The smallest absolute Gasteiger partial charge is 0.231 e. The average Bonchev–Trinajstić information content (AvgIpc) is 2.27. The molecule has 1 unspecified atom stereocenters. The van der Waals surface area contributed by atoms with E-state index in [-0.39, 0.29) is 11.2 Å². The van der Waals surface area contributed by atoms with Gasteiger partial charge in [0.15, 0.2) is 0 Å². The van der Waals surface area contributed by atoms with Crippen LogP contribution in [0.4, 0.5) is 11.9 Å². The van der Waals surface area contributed by atoms with E-state index >= 15 is 0 Å². The van der Waals surface area contributed by atoms with Crippen LogP contribution in [0.1, 0.15) is 6.92 Å². The van der Waals surface area contributed by atoms with Crippen molar-refractivity contribution in [2.75, 3.05) is 30.9 Å². The highest BCUT2D eigenvalue weighted by atomic mass is 35.5. The van der Waals surface area contributed by atoms with Crippen molar-refractivity contribution < 1.29 is 0 Å². The van der Waals surface area contributed by atoms with Crippen molar-refractivity contribution in [1.82, 2.24) is 15.0 Å². The lowest BCUT2D eigenvalue weighted by atomic mass is 10.2. The number of nitrogens with zero attached hydrogens (tertiary/aromatic N) is 5. The molecule has 0 spiro atoms. The maximum atomic E-state index is 8.72. The lowest BCUT2D eigenvalue weighted by Gasteiger charge is -2.18. The predicted octanol–water partition coefficient (Wildman–Crippen LogP) is 1.16. The third-order valence-corrected chi connectivity index (χ3v) is 2.10. The van der Waals surface area contributed by atoms with Gasteiger partial charge in [0.25, 0.3) is 0 Å². The van der Waals surface area contributed by atoms with Gasteiger partial charge < -0.3 is 10.2 Å². The first-order chi connectivity index (χ1) is 7.56. The normalized spacial score (nSPS) is 11.7. The Labute approximate surface area is 99.3 Å². The second-order valence-corrected chi connectivity index (χ2v) is 3.73. The minimum atomic E-state index is -0.0985. The van der Waals surface area contributed by atoms with Gasteiger partial charge in [-0.2, -0.15) is 20.2 Å². The third kappa shape index (κ3) is 3.21. The number of rotatable bonds is 4. The van der Waals surface area contributed by atoms with E-state index in [1.165, 1.54) is 0 Å². The maximum Gasteiger partial charge on any atom is 0.231 e. The van der Waals surface area contributed by atoms with Crippen LogP contribution in [0.25, 0.3) is 0 Å². The zero-order valence-corrected chi connectivity index (χ0v) is 10.2. The first-order valence-electron chi connectivity index (χ1n) is 4.77. The second-order valence-electron chi connectivity index (χ2n) is 3.39. The quantitative estimate of drug-likeness (QED) is 0.851. The number of hydrogen-bond acceptors (Lipinski definition) is 6. The third-order valence-electron chi connectivity index (χ3n) is 1.93. The molecule has 0 aliphatic heterocycles. The standard InChI is InChI=1S/C9H13ClN6/c1-6(4-11)5-16(3)9-14-7(10)13-8(12-2)15-9/h6H,5H2,1-3H3,(H,12,13,14,15). The van der Waals surface area contributed by atoms with E-state index < -0.39 is 0 Å². The van der Waals surface area contributed by atoms with E-state index in [1.807, 2.05) is 6.92 Å². The maximum absolute atomic E-state index is 8.72. The van der Waals surface area contributed by atoms with Crippen LogP contribution < -0.4 is 10.2 Å². The summed E-state index contributed by atoms with van der Waals surface area (Å²) in [7, 11) is 3.51. The summed E-state index contributed by atoms with van der Waals surface area (Å²) >= 11 is 5.75. The zero-order chi connectivity index (χ0) is 12.1. The van der Waals surface area contributed by atoms with Gasteiger partial charge >= 0.3 is 0 Å². The Morgan fingerprint density at radius 2 is 2.19 bits per heavy atom. The molecule has 16 heavy (non-hydrogen) atoms. The molecule has 1 rings (SSSR count). The summed E-state index contributed by atoms with van der Waals surface area (Å²) in [6.45, 7) is 2.37. The fourth-order valence-electron chi connectivity index (χ4n) is 1.16. The summed E-state index contributed by atoms with van der Waals surface area (Å²) in [5.74, 6) is 0.761. The SMILES string of the molecule is CNc1nc(Cl)nc(N(C)CC(C)C#N)n1. The molecule has 0 aliphatic carbocycles. The van der Waals surface area contributed by atoms with Crippen LogP contribution >= 0.6 is 11.6 Å². The van der Waals surface area contributed by atoms with Gasteiger partial charge in [0.05, 0.1) is 12.0 Å². The molecule has 0 amide bonds. The number of halogens is 1. The van der Waals surface area contributed by atoms with Crippen LogP contribution in [0, 0.1) is 17.2 Å². The number of nitriles is 1. The van der Waals surface area contributed by atoms with Crippen molar-refractivity contribution in [1.29, 1.82) is 5.26 Å². The van der Waals surface area contributed by atoms with Gasteiger partial charge in [-0.05, 0) is 18.5 Å². The summed E-state index contributed by atoms with van der Waals surface area (Å²) in [6, 6.07) is 2.15. The van der Waals surface area contributed by atoms with Crippen molar-refractivity contribution in [2.45, 2.75) is 6.92 Å². The van der Waals surface area contributed by atoms with Crippen molar-refractivity contribution in [3.63, 3.8) is 0 Å². The highest BCUT2D eigenvalue weighted by Crippen LogP contribution is 2.13. The Hall–Kier alpha value is -1.61. The van der Waals surface area contributed by atoms with Gasteiger partial charge in [-0.25, -0.2) is 0 Å². The highest BCUT2D eigenvalue weighted by Gasteiger charge is 2.11. The fourth-order valence-corrected chi connectivity index (χ4v) is 1.31. The molecular formula is C9H13ClN6. The minimum absolute atomic E-state index is 0.0985. The van der Waals surface area contributed by atoms with Crippen LogP contribution in [-0.4, -0.2) is 35.6 Å². The molecule has 0 fully saturated rings. The molecule has 0 aromatic carbocycles. The largest absolute Gasteiger partial charge is 0.357 e. The number of hydrogen-bond donors (Lipinski definition) is 1. The van der Waals surface area contributed by atoms with Gasteiger partial charge in [-0.1, -0.05) is 0 Å². The predicted molar refractivity (Wildman–Crippen MR) is 62.4 cm³/mol. The lowest BCUT2D eigenvalue weighted by molar-refractivity contribution is 0.700. The molecule has 1 aromatic rings. The number of aromatic nitrogens is 3. The molecular weight excluding hydrogens is 228 g/mol. The Bertz CT molecular complexity index is 401. The van der Waals surface area contributed by atoms with Crippen LogP contribution in [0.15, 0.2) is 0 Å². The summed E-state index contributed by atoms with van der Waals surface area (Å²) in [6.07, 6.45) is 0. The van der Waals surface area contributed by atoms with Gasteiger partial charge in [-0.15, -0.1) is 0 Å². The first kappa shape index (κ1) is 12.5. The van der Waals surface area contributed by atoms with Crippen molar-refractivity contribution in [3.8, 4) is 6.07 Å². The van der Waals surface area contributed by atoms with Gasteiger partial charge in [0.1, 0.15) is 0 Å². The topological polar surface area (TPSA) is 77.7 Å². The molecule has 0 aliphatic rings. The van der Waals surface area contributed by atoms with E-state index in [9.17, 15) is 0 Å². The van der Waals surface area contributed by atoms with Crippen molar-refractivity contribution >= 4 is 23.5 Å². The molecule has 1 aromatic heterocycles. The second kappa shape index (κ2) is 5.47. The molecule has 86 valence electrons. The highest BCUT2D eigenvalue weighted by molar-refractivity contribution is 6.28. The zero-order valence-electron chi connectivity index (χ0n) is 9.40. The molecule has 0 saturated carbocycles. The molecule has 0 bridgehead atoms. The number of anilines is 2. The van der Waals surface area contributed by atoms with Crippen LogP contribution in [0.3, 0.4) is 0 Å². The lowest BCUT2D eigenvalue weighted by Crippen LogP contribution is -2.25. The Balaban J connectivity index is 2.87. The van der Waals surface area contributed by atoms with E-state index in [1.54, 1.807) is 19.0 Å². The minimum Gasteiger partial charge on any atom is -0.357 e. The van der Waals surface area contributed by atoms with E-state index in [0.29, 0.717) is 18.4 Å². The average molecular weight is 241 g/mol. The Morgan fingerprint density at radius 3 is 2.75 bits per heavy atom. The Kier molecular flexibility index (Phi) is 4.26. The first-order valence-corrected chi connectivity index (χ1v) is 5.14. The van der Waals surface area contributed by atoms with Crippen LogP contribution in [0.2, 0.25) is 5.28 Å². The molecule has 6 nitrogen and oxygen atoms in total. The van der Waals surface area contributed by atoms with Crippen molar-refractivity contribution in [2.24, 2.45) is 5.92 Å². The summed E-state index contributed by atoms with van der Waals surface area (Å²) in [5.41, 5.74) is 0. The molecule has 1 heterocycles. The van der Waals surface area contributed by atoms with E-state index in [0.717, 1.165) is 0 Å². The molecule has 0 saturated heterocycles. The van der Waals surface area contributed by atoms with Crippen LogP contribution in [-0.2, 0) is 0 Å². The molecule has 0 radical (unpaired) electrons. The monoisotopic (exact) mass is 240 g/mol. The fraction of sp³-hybridized carbons (Fsp3) is 0.556. The summed E-state index contributed by atoms with van der Waals surface area (Å²) in [4.78, 5) is 13.8. The molecule has 1 atom stereocenters. The Morgan fingerprint density at radius 1 is 1.50 bits per heavy atom. The summed E-state index contributed by atoms with van der Waals surface area (Å²) < 4.78 is 0. The van der Waals surface area contributed by atoms with Gasteiger partial charge in [0, 0.05) is 20.6 Å². The molecule has 7 heteroatoms. The van der Waals surface area contributed by atoms with Crippen molar-refractivity contribution in [3.05, 3.63) is 5.28 Å². The van der Waals surface area contributed by atoms with Crippen LogP contribution in [0.5, 0.6) is 0 Å².